The van der Waals surface area contributed by atoms with Crippen molar-refractivity contribution in [1.29, 1.82) is 0 Å². The molecule has 0 saturated heterocycles. The van der Waals surface area contributed by atoms with E-state index >= 15 is 0 Å². The van der Waals surface area contributed by atoms with Crippen LogP contribution in [0.2, 0.25) is 0 Å². The van der Waals surface area contributed by atoms with Gasteiger partial charge in [0.1, 0.15) is 0 Å². The van der Waals surface area contributed by atoms with Gasteiger partial charge in [-0.1, -0.05) is 33.8 Å². The maximum Gasteiger partial charge on any atom is 0.331 e. The lowest BCUT2D eigenvalue weighted by Crippen LogP contribution is -2.31. The molecule has 4 nitrogen and oxygen atoms in total. The lowest BCUT2D eigenvalue weighted by atomic mass is 10.0. The van der Waals surface area contributed by atoms with E-state index in [0.717, 1.165) is 35.6 Å². The van der Waals surface area contributed by atoms with Crippen molar-refractivity contribution in [2.75, 3.05) is 30.3 Å². The fourth-order valence-electron chi connectivity index (χ4n) is 2.68. The highest BCUT2D eigenvalue weighted by Crippen LogP contribution is 2.28. The zero-order valence-corrected chi connectivity index (χ0v) is 15.9. The first-order valence-corrected chi connectivity index (χ1v) is 8.74. The number of nitrogen functional groups attached to an aromatic ring is 1. The van der Waals surface area contributed by atoms with Gasteiger partial charge in [0.2, 0.25) is 0 Å². The molecule has 0 saturated carbocycles. The number of rotatable bonds is 8. The number of nitrogens with zero attached hydrogens (tertiary/aromatic N) is 1. The molecule has 0 spiro atoms. The van der Waals surface area contributed by atoms with E-state index in [1.54, 1.807) is 6.92 Å². The SMILES string of the molecule is CCOC(=O)C=C(C)c1ccc(N(CC(C)C)CC(C)C)c(N)c1. The van der Waals surface area contributed by atoms with Crippen LogP contribution < -0.4 is 10.6 Å². The Hall–Kier alpha value is -1.97. The van der Waals surface area contributed by atoms with Crippen molar-refractivity contribution >= 4 is 22.9 Å². The zero-order chi connectivity index (χ0) is 18.3. The topological polar surface area (TPSA) is 55.6 Å². The average molecular weight is 332 g/mol. The Balaban J connectivity index is 3.06. The van der Waals surface area contributed by atoms with E-state index in [2.05, 4.69) is 38.7 Å². The smallest absolute Gasteiger partial charge is 0.331 e. The first-order chi connectivity index (χ1) is 11.2. The summed E-state index contributed by atoms with van der Waals surface area (Å²) >= 11 is 0. The Morgan fingerprint density at radius 1 is 1.21 bits per heavy atom. The molecule has 0 radical (unpaired) electrons. The Morgan fingerprint density at radius 3 is 2.25 bits per heavy atom. The molecule has 0 amide bonds. The molecule has 0 fully saturated rings. The van der Waals surface area contributed by atoms with E-state index in [1.807, 2.05) is 19.1 Å². The van der Waals surface area contributed by atoms with Crippen molar-refractivity contribution in [2.45, 2.75) is 41.5 Å². The fourth-order valence-corrected chi connectivity index (χ4v) is 2.68. The van der Waals surface area contributed by atoms with Crippen LogP contribution >= 0.6 is 0 Å². The molecule has 0 aliphatic heterocycles. The zero-order valence-electron chi connectivity index (χ0n) is 15.9. The van der Waals surface area contributed by atoms with Crippen molar-refractivity contribution in [3.63, 3.8) is 0 Å². The molecule has 0 bridgehead atoms. The van der Waals surface area contributed by atoms with Crippen molar-refractivity contribution < 1.29 is 9.53 Å². The van der Waals surface area contributed by atoms with Crippen LogP contribution in [0.15, 0.2) is 24.3 Å². The number of esters is 1. The lowest BCUT2D eigenvalue weighted by molar-refractivity contribution is -0.137. The highest BCUT2D eigenvalue weighted by atomic mass is 16.5. The van der Waals surface area contributed by atoms with Crippen LogP contribution in [-0.4, -0.2) is 25.7 Å². The van der Waals surface area contributed by atoms with Crippen molar-refractivity contribution in [2.24, 2.45) is 11.8 Å². The molecular formula is C20H32N2O2. The Morgan fingerprint density at radius 2 is 1.79 bits per heavy atom. The summed E-state index contributed by atoms with van der Waals surface area (Å²) in [4.78, 5) is 13.9. The first kappa shape index (κ1) is 20.1. The average Bonchev–Trinajstić information content (AvgIpc) is 2.45. The number of hydrogen-bond acceptors (Lipinski definition) is 4. The Kier molecular flexibility index (Phi) is 7.83. The molecule has 1 aromatic rings. The number of carbonyl (C=O) groups excluding carboxylic acids is 1. The van der Waals surface area contributed by atoms with Crippen molar-refractivity contribution in [3.8, 4) is 0 Å². The Labute approximate surface area is 146 Å². The number of allylic oxidation sites excluding steroid dienone is 1. The van der Waals surface area contributed by atoms with Crippen molar-refractivity contribution in [3.05, 3.63) is 29.8 Å². The number of nitrogens with two attached hydrogens (primary N) is 1. The van der Waals surface area contributed by atoms with Crippen LogP contribution in [0.5, 0.6) is 0 Å². The van der Waals surface area contributed by atoms with Crippen LogP contribution in [0, 0.1) is 11.8 Å². The molecule has 24 heavy (non-hydrogen) atoms. The van der Waals surface area contributed by atoms with Gasteiger partial charge in [-0.05, 0) is 49.0 Å². The fraction of sp³-hybridized carbons (Fsp3) is 0.550. The van der Waals surface area contributed by atoms with Gasteiger partial charge in [0.05, 0.1) is 18.0 Å². The predicted octanol–water partition coefficient (Wildman–Crippen LogP) is 4.35. The van der Waals surface area contributed by atoms with E-state index in [9.17, 15) is 4.79 Å². The summed E-state index contributed by atoms with van der Waals surface area (Å²) < 4.78 is 4.96. The van der Waals surface area contributed by atoms with E-state index in [1.165, 1.54) is 6.08 Å². The minimum atomic E-state index is -0.320. The number of hydrogen-bond donors (Lipinski definition) is 1. The lowest BCUT2D eigenvalue weighted by Gasteiger charge is -2.30. The molecule has 0 heterocycles. The first-order valence-electron chi connectivity index (χ1n) is 8.74. The van der Waals surface area contributed by atoms with E-state index in [4.69, 9.17) is 10.5 Å². The molecule has 0 aliphatic carbocycles. The summed E-state index contributed by atoms with van der Waals surface area (Å²) in [7, 11) is 0. The second-order valence-electron chi connectivity index (χ2n) is 7.05. The third-order valence-electron chi connectivity index (χ3n) is 3.62. The molecule has 0 atom stereocenters. The summed E-state index contributed by atoms with van der Waals surface area (Å²) in [6.07, 6.45) is 1.51. The molecule has 134 valence electrons. The van der Waals surface area contributed by atoms with E-state index in [-0.39, 0.29) is 5.97 Å². The van der Waals surface area contributed by atoms with Gasteiger partial charge in [-0.2, -0.15) is 0 Å². The quantitative estimate of drug-likeness (QED) is 0.437. The minimum Gasteiger partial charge on any atom is -0.463 e. The second kappa shape index (κ2) is 9.36. The van der Waals surface area contributed by atoms with E-state index in [0.29, 0.717) is 18.4 Å². The Bertz CT molecular complexity index is 567. The van der Waals surface area contributed by atoms with Gasteiger partial charge >= 0.3 is 5.97 Å². The summed E-state index contributed by atoms with van der Waals surface area (Å²) in [5, 5.41) is 0. The minimum absolute atomic E-state index is 0.320. The number of benzene rings is 1. The molecule has 0 aromatic heterocycles. The summed E-state index contributed by atoms with van der Waals surface area (Å²) in [6, 6.07) is 6.01. The van der Waals surface area contributed by atoms with Gasteiger partial charge < -0.3 is 15.4 Å². The number of ether oxygens (including phenoxy) is 1. The van der Waals surface area contributed by atoms with Gasteiger partial charge in [-0.15, -0.1) is 0 Å². The molecule has 1 aromatic carbocycles. The van der Waals surface area contributed by atoms with Gasteiger partial charge in [0, 0.05) is 19.2 Å². The molecule has 4 heteroatoms. The molecular weight excluding hydrogens is 300 g/mol. The molecule has 0 aliphatic rings. The van der Waals surface area contributed by atoms with Gasteiger partial charge in [0.25, 0.3) is 0 Å². The molecule has 1 rings (SSSR count). The highest BCUT2D eigenvalue weighted by molar-refractivity contribution is 5.91. The van der Waals surface area contributed by atoms with Crippen LogP contribution in [0.25, 0.3) is 5.57 Å². The van der Waals surface area contributed by atoms with Crippen LogP contribution in [-0.2, 0) is 9.53 Å². The van der Waals surface area contributed by atoms with Gasteiger partial charge in [-0.25, -0.2) is 4.79 Å². The standard InChI is InChI=1S/C20H32N2O2/c1-7-24-20(23)10-16(6)17-8-9-19(18(21)11-17)22(12-14(2)3)13-15(4)5/h8-11,14-15H,7,12-13,21H2,1-6H3. The second-order valence-corrected chi connectivity index (χ2v) is 7.05. The van der Waals surface area contributed by atoms with E-state index < -0.39 is 0 Å². The maximum atomic E-state index is 11.6. The maximum absolute atomic E-state index is 11.6. The normalized spacial score (nSPS) is 11.9. The third kappa shape index (κ3) is 6.26. The van der Waals surface area contributed by atoms with Gasteiger partial charge in [-0.3, -0.25) is 0 Å². The summed E-state index contributed by atoms with van der Waals surface area (Å²) in [6.45, 7) is 14.9. The predicted molar refractivity (Wildman–Crippen MR) is 103 cm³/mol. The number of carbonyl (C=O) groups is 1. The monoisotopic (exact) mass is 332 g/mol. The molecule has 2 N–H and O–H groups in total. The summed E-state index contributed by atoms with van der Waals surface area (Å²) in [5.74, 6) is 0.806. The van der Waals surface area contributed by atoms with Crippen LogP contribution in [0.4, 0.5) is 11.4 Å². The van der Waals surface area contributed by atoms with Crippen LogP contribution in [0.3, 0.4) is 0 Å². The molecule has 0 unspecified atom stereocenters. The largest absolute Gasteiger partial charge is 0.463 e. The third-order valence-corrected chi connectivity index (χ3v) is 3.62. The summed E-state index contributed by atoms with van der Waals surface area (Å²) in [5.41, 5.74) is 9.91. The van der Waals surface area contributed by atoms with Crippen molar-refractivity contribution in [1.82, 2.24) is 0 Å². The highest BCUT2D eigenvalue weighted by Gasteiger charge is 2.14. The number of anilines is 2. The van der Waals surface area contributed by atoms with Crippen LogP contribution in [0.1, 0.15) is 47.1 Å². The van der Waals surface area contributed by atoms with Gasteiger partial charge in [0.15, 0.2) is 0 Å².